The van der Waals surface area contributed by atoms with Gasteiger partial charge in [0.25, 0.3) is 0 Å². The third-order valence-electron chi connectivity index (χ3n) is 5.55. The summed E-state index contributed by atoms with van der Waals surface area (Å²) < 4.78 is 0. The van der Waals surface area contributed by atoms with Crippen molar-refractivity contribution in [3.63, 3.8) is 0 Å². The van der Waals surface area contributed by atoms with E-state index in [2.05, 4.69) is 56.7 Å². The van der Waals surface area contributed by atoms with Crippen LogP contribution in [0.4, 0.5) is 5.82 Å². The van der Waals surface area contributed by atoms with Gasteiger partial charge in [-0.25, -0.2) is 4.98 Å². The van der Waals surface area contributed by atoms with Crippen LogP contribution in [0, 0.1) is 0 Å². The lowest BCUT2D eigenvalue weighted by molar-refractivity contribution is -0.131. The van der Waals surface area contributed by atoms with E-state index < -0.39 is 0 Å². The molecule has 2 N–H and O–H groups in total. The molecule has 174 valence electrons. The molecular weight excluding hydrogens is 515 g/mol. The van der Waals surface area contributed by atoms with Crippen molar-refractivity contribution in [3.05, 3.63) is 60.3 Å². The summed E-state index contributed by atoms with van der Waals surface area (Å²) in [6, 6.07) is 16.7. The standard InChI is InChI=1S/C24H34N6O.HI/c1-20(11-12-21-8-4-3-5-9-21)28-24(25-2)27-15-13-23(31)30-18-16-29(17-19-30)22-10-6-7-14-26-22;/h3-10,14,20H,11-13,15-19H2,1-2H3,(H2,25,27,28);1H. The van der Waals surface area contributed by atoms with Gasteiger partial charge in [0.1, 0.15) is 5.82 Å². The third kappa shape index (κ3) is 8.29. The van der Waals surface area contributed by atoms with E-state index in [9.17, 15) is 4.79 Å². The number of pyridine rings is 1. The van der Waals surface area contributed by atoms with E-state index >= 15 is 0 Å². The molecule has 0 bridgehead atoms. The van der Waals surface area contributed by atoms with Crippen molar-refractivity contribution in [3.8, 4) is 0 Å². The SMILES string of the molecule is CN=C(NCCC(=O)N1CCN(c2ccccn2)CC1)NC(C)CCc1ccccc1.I. The highest BCUT2D eigenvalue weighted by Crippen LogP contribution is 2.13. The third-order valence-corrected chi connectivity index (χ3v) is 5.55. The maximum atomic E-state index is 12.6. The molecule has 3 rings (SSSR count). The number of nitrogens with zero attached hydrogens (tertiary/aromatic N) is 4. The second-order valence-electron chi connectivity index (χ2n) is 7.87. The summed E-state index contributed by atoms with van der Waals surface area (Å²) in [5, 5.41) is 6.69. The first-order valence-corrected chi connectivity index (χ1v) is 11.1. The number of aryl methyl sites for hydroxylation is 1. The van der Waals surface area contributed by atoms with Gasteiger partial charge in [-0.15, -0.1) is 24.0 Å². The van der Waals surface area contributed by atoms with Crippen LogP contribution in [0.25, 0.3) is 0 Å². The molecule has 1 atom stereocenters. The molecule has 1 aliphatic heterocycles. The number of piperazine rings is 1. The van der Waals surface area contributed by atoms with Gasteiger partial charge in [0, 0.05) is 58.4 Å². The summed E-state index contributed by atoms with van der Waals surface area (Å²) in [7, 11) is 1.76. The minimum absolute atomic E-state index is 0. The number of halogens is 1. The molecule has 1 fully saturated rings. The van der Waals surface area contributed by atoms with Gasteiger partial charge in [-0.3, -0.25) is 9.79 Å². The van der Waals surface area contributed by atoms with Crippen molar-refractivity contribution in [2.24, 2.45) is 4.99 Å². The van der Waals surface area contributed by atoms with Gasteiger partial charge < -0.3 is 20.4 Å². The zero-order valence-electron chi connectivity index (χ0n) is 19.0. The number of guanidine groups is 1. The lowest BCUT2D eigenvalue weighted by atomic mass is 10.1. The smallest absolute Gasteiger partial charge is 0.224 e. The molecule has 0 saturated carbocycles. The number of rotatable bonds is 8. The van der Waals surface area contributed by atoms with E-state index in [0.29, 0.717) is 19.0 Å². The average molecular weight is 550 g/mol. The van der Waals surface area contributed by atoms with Gasteiger partial charge in [0.15, 0.2) is 5.96 Å². The van der Waals surface area contributed by atoms with Crippen LogP contribution in [-0.2, 0) is 11.2 Å². The summed E-state index contributed by atoms with van der Waals surface area (Å²) in [5.41, 5.74) is 1.34. The fraction of sp³-hybridized carbons (Fsp3) is 0.458. The molecule has 2 heterocycles. The first kappa shape index (κ1) is 25.9. The van der Waals surface area contributed by atoms with Crippen LogP contribution in [0.3, 0.4) is 0 Å². The number of aromatic nitrogens is 1. The van der Waals surface area contributed by atoms with Crippen LogP contribution >= 0.6 is 24.0 Å². The normalized spacial score (nSPS) is 15.0. The number of amides is 1. The zero-order chi connectivity index (χ0) is 21.9. The van der Waals surface area contributed by atoms with Crippen molar-refractivity contribution in [1.82, 2.24) is 20.5 Å². The van der Waals surface area contributed by atoms with Crippen LogP contribution in [0.15, 0.2) is 59.7 Å². The van der Waals surface area contributed by atoms with Crippen LogP contribution in [-0.4, -0.2) is 67.6 Å². The second-order valence-corrected chi connectivity index (χ2v) is 7.87. The van der Waals surface area contributed by atoms with Gasteiger partial charge in [-0.05, 0) is 37.5 Å². The van der Waals surface area contributed by atoms with Gasteiger partial charge in [-0.2, -0.15) is 0 Å². The Hall–Kier alpha value is -2.36. The Balaban J connectivity index is 0.00000363. The van der Waals surface area contributed by atoms with E-state index in [4.69, 9.17) is 0 Å². The number of aliphatic imine (C=N–C) groups is 1. The summed E-state index contributed by atoms with van der Waals surface area (Å²) in [6.45, 7) is 5.83. The Morgan fingerprint density at radius 2 is 1.81 bits per heavy atom. The van der Waals surface area contributed by atoms with Gasteiger partial charge in [0.05, 0.1) is 0 Å². The predicted octanol–water partition coefficient (Wildman–Crippen LogP) is 2.92. The van der Waals surface area contributed by atoms with Crippen molar-refractivity contribution >= 4 is 41.7 Å². The molecule has 32 heavy (non-hydrogen) atoms. The van der Waals surface area contributed by atoms with E-state index in [1.807, 2.05) is 35.4 Å². The number of nitrogens with one attached hydrogen (secondary N) is 2. The van der Waals surface area contributed by atoms with Crippen LogP contribution < -0.4 is 15.5 Å². The molecule has 1 saturated heterocycles. The van der Waals surface area contributed by atoms with Crippen LogP contribution in [0.1, 0.15) is 25.3 Å². The first-order chi connectivity index (χ1) is 15.2. The fourth-order valence-electron chi connectivity index (χ4n) is 3.70. The first-order valence-electron chi connectivity index (χ1n) is 11.1. The quantitative estimate of drug-likeness (QED) is 0.301. The van der Waals surface area contributed by atoms with Crippen LogP contribution in [0.2, 0.25) is 0 Å². The van der Waals surface area contributed by atoms with Gasteiger partial charge in [0.2, 0.25) is 5.91 Å². The molecule has 1 aliphatic rings. The Kier molecular flexibility index (Phi) is 11.3. The largest absolute Gasteiger partial charge is 0.356 e. The number of hydrogen-bond acceptors (Lipinski definition) is 4. The van der Waals surface area contributed by atoms with E-state index in [1.165, 1.54) is 5.56 Å². The van der Waals surface area contributed by atoms with E-state index in [1.54, 1.807) is 7.05 Å². The van der Waals surface area contributed by atoms with Gasteiger partial charge >= 0.3 is 0 Å². The lowest BCUT2D eigenvalue weighted by Crippen LogP contribution is -2.50. The highest BCUT2D eigenvalue weighted by Gasteiger charge is 2.21. The molecule has 1 aromatic carbocycles. The lowest BCUT2D eigenvalue weighted by Gasteiger charge is -2.35. The van der Waals surface area contributed by atoms with Crippen molar-refractivity contribution in [2.45, 2.75) is 32.2 Å². The highest BCUT2D eigenvalue weighted by atomic mass is 127. The molecule has 0 radical (unpaired) electrons. The molecule has 7 nitrogen and oxygen atoms in total. The maximum Gasteiger partial charge on any atom is 0.224 e. The molecule has 0 aliphatic carbocycles. The summed E-state index contributed by atoms with van der Waals surface area (Å²) in [5.74, 6) is 1.90. The molecule has 1 unspecified atom stereocenters. The van der Waals surface area contributed by atoms with Crippen molar-refractivity contribution < 1.29 is 4.79 Å². The van der Waals surface area contributed by atoms with E-state index in [0.717, 1.165) is 50.8 Å². The predicted molar refractivity (Wildman–Crippen MR) is 142 cm³/mol. The Bertz CT molecular complexity index is 825. The monoisotopic (exact) mass is 550 g/mol. The number of hydrogen-bond donors (Lipinski definition) is 2. The molecule has 1 aromatic heterocycles. The van der Waals surface area contributed by atoms with Gasteiger partial charge in [-0.1, -0.05) is 36.4 Å². The molecule has 2 aromatic rings. The maximum absolute atomic E-state index is 12.6. The number of anilines is 1. The number of carbonyl (C=O) groups is 1. The molecule has 8 heteroatoms. The van der Waals surface area contributed by atoms with Crippen LogP contribution in [0.5, 0.6) is 0 Å². The number of benzene rings is 1. The fourth-order valence-corrected chi connectivity index (χ4v) is 3.70. The summed E-state index contributed by atoms with van der Waals surface area (Å²) in [6.07, 6.45) is 4.31. The minimum atomic E-state index is 0. The zero-order valence-corrected chi connectivity index (χ0v) is 21.4. The topological polar surface area (TPSA) is 72.9 Å². The Morgan fingerprint density at radius 3 is 2.47 bits per heavy atom. The van der Waals surface area contributed by atoms with Crippen molar-refractivity contribution in [2.75, 3.05) is 44.7 Å². The molecule has 1 amide bonds. The molecule has 0 spiro atoms. The second kappa shape index (κ2) is 13.9. The molecular formula is C24H35IN6O. The highest BCUT2D eigenvalue weighted by molar-refractivity contribution is 14.0. The average Bonchev–Trinajstić information content (AvgIpc) is 2.83. The minimum Gasteiger partial charge on any atom is -0.356 e. The Morgan fingerprint density at radius 1 is 1.09 bits per heavy atom. The number of carbonyl (C=O) groups excluding carboxylic acids is 1. The summed E-state index contributed by atoms with van der Waals surface area (Å²) >= 11 is 0. The Labute approximate surface area is 208 Å². The summed E-state index contributed by atoms with van der Waals surface area (Å²) in [4.78, 5) is 25.4. The van der Waals surface area contributed by atoms with Crippen molar-refractivity contribution in [1.29, 1.82) is 0 Å². The van der Waals surface area contributed by atoms with E-state index in [-0.39, 0.29) is 29.9 Å².